The summed E-state index contributed by atoms with van der Waals surface area (Å²) in [5.41, 5.74) is 1.20. The van der Waals surface area contributed by atoms with Crippen LogP contribution in [0.4, 0.5) is 11.4 Å². The first-order valence-corrected chi connectivity index (χ1v) is 8.12. The summed E-state index contributed by atoms with van der Waals surface area (Å²) in [6, 6.07) is 10.7. The molecule has 1 aromatic carbocycles. The van der Waals surface area contributed by atoms with Gasteiger partial charge in [0.25, 0.3) is 0 Å². The van der Waals surface area contributed by atoms with E-state index in [1.807, 2.05) is 12.1 Å². The zero-order valence-corrected chi connectivity index (χ0v) is 14.4. The molecule has 6 heteroatoms. The van der Waals surface area contributed by atoms with E-state index in [-0.39, 0.29) is 11.3 Å². The molecule has 1 saturated heterocycles. The average molecular weight is 340 g/mol. The summed E-state index contributed by atoms with van der Waals surface area (Å²) in [4.78, 5) is 2.28. The maximum Gasteiger partial charge on any atom is 0.163 e. The molecular weight excluding hydrogens is 322 g/mol. The Bertz CT molecular complexity index is 752. The fourth-order valence-corrected chi connectivity index (χ4v) is 3.43. The fourth-order valence-electron chi connectivity index (χ4n) is 3.13. The average Bonchev–Trinajstić information content (AvgIpc) is 2.54. The monoisotopic (exact) mass is 339 g/mol. The molecule has 1 aromatic rings. The maximum absolute atomic E-state index is 9.09. The molecule has 122 valence electrons. The Morgan fingerprint density at radius 3 is 2.25 bits per heavy atom. The normalized spacial score (nSPS) is 19.6. The van der Waals surface area contributed by atoms with Crippen molar-refractivity contribution in [2.24, 2.45) is 11.8 Å². The highest BCUT2D eigenvalue weighted by Crippen LogP contribution is 2.33. The van der Waals surface area contributed by atoms with Gasteiger partial charge in [-0.3, -0.25) is 0 Å². The first-order chi connectivity index (χ1) is 11.5. The fraction of sp³-hybridized carbons (Fsp3) is 0.389. The van der Waals surface area contributed by atoms with Crippen LogP contribution in [0.3, 0.4) is 0 Å². The van der Waals surface area contributed by atoms with Crippen molar-refractivity contribution in [3.8, 4) is 18.2 Å². The van der Waals surface area contributed by atoms with Crippen LogP contribution < -0.4 is 10.2 Å². The van der Waals surface area contributed by atoms with Gasteiger partial charge in [-0.1, -0.05) is 25.4 Å². The predicted octanol–water partition coefficient (Wildman–Crippen LogP) is 4.06. The van der Waals surface area contributed by atoms with Crippen molar-refractivity contribution < 1.29 is 0 Å². The van der Waals surface area contributed by atoms with Gasteiger partial charge in [0, 0.05) is 18.8 Å². The van der Waals surface area contributed by atoms with Crippen LogP contribution in [-0.2, 0) is 0 Å². The summed E-state index contributed by atoms with van der Waals surface area (Å²) in [6.07, 6.45) is 1.22. The lowest BCUT2D eigenvalue weighted by atomic mass is 9.91. The number of hydrogen-bond donors (Lipinski definition) is 1. The van der Waals surface area contributed by atoms with Crippen LogP contribution in [0.1, 0.15) is 20.3 Å². The van der Waals surface area contributed by atoms with Gasteiger partial charge in [-0.15, -0.1) is 0 Å². The highest BCUT2D eigenvalue weighted by Gasteiger charge is 2.23. The van der Waals surface area contributed by atoms with Crippen LogP contribution in [0.2, 0.25) is 5.02 Å². The molecule has 5 nitrogen and oxygen atoms in total. The van der Waals surface area contributed by atoms with Crippen LogP contribution in [-0.4, -0.2) is 13.1 Å². The van der Waals surface area contributed by atoms with E-state index in [1.165, 1.54) is 6.42 Å². The van der Waals surface area contributed by atoms with Gasteiger partial charge >= 0.3 is 0 Å². The van der Waals surface area contributed by atoms with E-state index in [4.69, 9.17) is 27.4 Å². The zero-order chi connectivity index (χ0) is 17.7. The van der Waals surface area contributed by atoms with Crippen molar-refractivity contribution in [2.45, 2.75) is 20.3 Å². The summed E-state index contributed by atoms with van der Waals surface area (Å²) >= 11 is 6.42. The number of allylic oxidation sites excluding steroid dienone is 2. The third kappa shape index (κ3) is 3.99. The van der Waals surface area contributed by atoms with Crippen molar-refractivity contribution in [3.05, 3.63) is 34.5 Å². The zero-order valence-electron chi connectivity index (χ0n) is 13.7. The van der Waals surface area contributed by atoms with Gasteiger partial charge in [0.15, 0.2) is 5.57 Å². The number of nitrogens with one attached hydrogen (secondary N) is 1. The van der Waals surface area contributed by atoms with Gasteiger partial charge < -0.3 is 10.2 Å². The number of rotatable bonds is 3. The van der Waals surface area contributed by atoms with Gasteiger partial charge in [0.05, 0.1) is 10.7 Å². The quantitative estimate of drug-likeness (QED) is 0.839. The number of anilines is 2. The first-order valence-electron chi connectivity index (χ1n) is 7.74. The Hall–Kier alpha value is -2.68. The molecule has 2 rings (SSSR count). The molecule has 0 aliphatic carbocycles. The molecule has 0 spiro atoms. The van der Waals surface area contributed by atoms with Gasteiger partial charge in [0.1, 0.15) is 23.9 Å². The summed E-state index contributed by atoms with van der Waals surface area (Å²) in [5, 5.41) is 30.2. The molecule has 1 aliphatic rings. The summed E-state index contributed by atoms with van der Waals surface area (Å²) in [6.45, 7) is 6.41. The number of halogens is 1. The van der Waals surface area contributed by atoms with Crippen LogP contribution in [0, 0.1) is 45.8 Å². The topological polar surface area (TPSA) is 86.6 Å². The molecular formula is C18H18ClN5. The Balaban J connectivity index is 2.25. The second kappa shape index (κ2) is 7.73. The van der Waals surface area contributed by atoms with Gasteiger partial charge in [-0.05, 0) is 36.5 Å². The molecule has 2 unspecified atom stereocenters. The third-order valence-electron chi connectivity index (χ3n) is 4.01. The third-order valence-corrected chi connectivity index (χ3v) is 4.31. The van der Waals surface area contributed by atoms with Crippen LogP contribution >= 0.6 is 11.6 Å². The van der Waals surface area contributed by atoms with Crippen LogP contribution in [0.5, 0.6) is 0 Å². The molecule has 24 heavy (non-hydrogen) atoms. The summed E-state index contributed by atoms with van der Waals surface area (Å²) < 4.78 is 0. The van der Waals surface area contributed by atoms with Crippen molar-refractivity contribution in [1.29, 1.82) is 15.8 Å². The predicted molar refractivity (Wildman–Crippen MR) is 94.1 cm³/mol. The van der Waals surface area contributed by atoms with Crippen LogP contribution in [0.25, 0.3) is 0 Å². The number of hydrogen-bond acceptors (Lipinski definition) is 5. The van der Waals surface area contributed by atoms with Crippen molar-refractivity contribution in [2.75, 3.05) is 23.3 Å². The standard InChI is InChI=1S/C18H18ClN5/c1-12-5-13(2)11-24(10-12)18-4-3-15(6-16(18)19)23-17(9-22)14(7-20)8-21/h3-4,6,12-13,23H,5,10-11H2,1-2H3. The molecule has 0 amide bonds. The lowest BCUT2D eigenvalue weighted by Gasteiger charge is -2.37. The molecule has 1 fully saturated rings. The Kier molecular flexibility index (Phi) is 5.69. The smallest absolute Gasteiger partial charge is 0.163 e. The molecule has 2 atom stereocenters. The Morgan fingerprint density at radius 1 is 1.12 bits per heavy atom. The van der Waals surface area contributed by atoms with Crippen molar-refractivity contribution in [3.63, 3.8) is 0 Å². The van der Waals surface area contributed by atoms with E-state index in [9.17, 15) is 0 Å². The molecule has 0 saturated carbocycles. The van der Waals surface area contributed by atoms with Crippen molar-refractivity contribution in [1.82, 2.24) is 0 Å². The van der Waals surface area contributed by atoms with E-state index < -0.39 is 0 Å². The highest BCUT2D eigenvalue weighted by molar-refractivity contribution is 6.33. The lowest BCUT2D eigenvalue weighted by Crippen LogP contribution is -2.38. The molecule has 0 aromatic heterocycles. The Labute approximate surface area is 147 Å². The number of piperidine rings is 1. The second-order valence-corrected chi connectivity index (χ2v) is 6.63. The number of nitriles is 3. The maximum atomic E-state index is 9.09. The molecule has 1 heterocycles. The minimum atomic E-state index is -0.253. The largest absolute Gasteiger partial charge is 0.370 e. The van der Waals surface area contributed by atoms with E-state index in [0.717, 1.165) is 18.8 Å². The molecule has 0 bridgehead atoms. The number of nitrogens with zero attached hydrogens (tertiary/aromatic N) is 4. The lowest BCUT2D eigenvalue weighted by molar-refractivity contribution is 0.357. The molecule has 0 radical (unpaired) electrons. The minimum absolute atomic E-state index is 0.0796. The Morgan fingerprint density at radius 2 is 1.75 bits per heavy atom. The van der Waals surface area contributed by atoms with Gasteiger partial charge in [-0.2, -0.15) is 15.8 Å². The SMILES string of the molecule is CC1CC(C)CN(c2ccc(NC(C#N)=C(C#N)C#N)cc2Cl)C1. The first kappa shape index (κ1) is 17.7. The van der Waals surface area contributed by atoms with E-state index in [0.29, 0.717) is 22.5 Å². The van der Waals surface area contributed by atoms with E-state index >= 15 is 0 Å². The van der Waals surface area contributed by atoms with Gasteiger partial charge in [-0.25, -0.2) is 0 Å². The van der Waals surface area contributed by atoms with Gasteiger partial charge in [0.2, 0.25) is 0 Å². The highest BCUT2D eigenvalue weighted by atomic mass is 35.5. The van der Waals surface area contributed by atoms with E-state index in [2.05, 4.69) is 24.1 Å². The van der Waals surface area contributed by atoms with E-state index in [1.54, 1.807) is 24.3 Å². The van der Waals surface area contributed by atoms with Crippen molar-refractivity contribution >= 4 is 23.0 Å². The summed E-state index contributed by atoms with van der Waals surface area (Å²) in [7, 11) is 0. The number of benzene rings is 1. The molecule has 1 N–H and O–H groups in total. The second-order valence-electron chi connectivity index (χ2n) is 6.23. The van der Waals surface area contributed by atoms with Crippen LogP contribution in [0.15, 0.2) is 29.5 Å². The molecule has 1 aliphatic heterocycles. The minimum Gasteiger partial charge on any atom is -0.370 e. The summed E-state index contributed by atoms with van der Waals surface area (Å²) in [5.74, 6) is 1.23.